The summed E-state index contributed by atoms with van der Waals surface area (Å²) in [7, 11) is -2.94. The zero-order valence-electron chi connectivity index (χ0n) is 8.41. The van der Waals surface area contributed by atoms with Gasteiger partial charge in [0.25, 0.3) is 0 Å². The van der Waals surface area contributed by atoms with Gasteiger partial charge in [0, 0.05) is 5.54 Å². The van der Waals surface area contributed by atoms with E-state index in [0.29, 0.717) is 0 Å². The molecule has 0 bridgehead atoms. The van der Waals surface area contributed by atoms with Gasteiger partial charge in [-0.3, -0.25) is 0 Å². The molecule has 2 N–H and O–H groups in total. The fraction of sp³-hybridized carbons (Fsp3) is 1.00. The first-order chi connectivity index (χ1) is 5.81. The normalized spacial score (nSPS) is 20.8. The van der Waals surface area contributed by atoms with Crippen molar-refractivity contribution in [2.24, 2.45) is 5.73 Å². The van der Waals surface area contributed by atoms with Crippen LogP contribution < -0.4 is 5.73 Å². The van der Waals surface area contributed by atoms with Crippen molar-refractivity contribution in [2.75, 3.05) is 5.75 Å². The highest BCUT2D eigenvalue weighted by Gasteiger charge is 2.32. The smallest absolute Gasteiger partial charge is 0.154 e. The summed E-state index contributed by atoms with van der Waals surface area (Å²) in [6.45, 7) is 3.53. The van der Waals surface area contributed by atoms with Crippen molar-refractivity contribution in [1.82, 2.24) is 0 Å². The second-order valence-corrected chi connectivity index (χ2v) is 6.98. The summed E-state index contributed by atoms with van der Waals surface area (Å²) in [6.07, 6.45) is 3.76. The molecule has 0 aromatic rings. The fourth-order valence-electron chi connectivity index (χ4n) is 1.88. The monoisotopic (exact) mass is 205 g/mol. The summed E-state index contributed by atoms with van der Waals surface area (Å²) in [5.41, 5.74) is 5.11. The molecule has 0 spiro atoms. The molecule has 0 aliphatic heterocycles. The Kier molecular flexibility index (Phi) is 3.02. The van der Waals surface area contributed by atoms with Gasteiger partial charge < -0.3 is 5.73 Å². The first-order valence-corrected chi connectivity index (χ1v) is 6.53. The summed E-state index contributed by atoms with van der Waals surface area (Å²) in [6, 6.07) is 0. The second-order valence-electron chi connectivity index (χ2n) is 4.70. The molecule has 1 saturated carbocycles. The Labute approximate surface area is 80.6 Å². The van der Waals surface area contributed by atoms with Crippen LogP contribution in [0.25, 0.3) is 0 Å². The number of hydrogen-bond acceptors (Lipinski definition) is 3. The van der Waals surface area contributed by atoms with Crippen molar-refractivity contribution in [3.8, 4) is 0 Å². The predicted octanol–water partition coefficient (Wildman–Crippen LogP) is 1.08. The van der Waals surface area contributed by atoms with E-state index in [4.69, 9.17) is 5.73 Å². The number of sulfone groups is 1. The lowest BCUT2D eigenvalue weighted by molar-refractivity contribution is 0.534. The van der Waals surface area contributed by atoms with Crippen molar-refractivity contribution in [1.29, 1.82) is 0 Å². The molecule has 0 aromatic carbocycles. The predicted molar refractivity (Wildman–Crippen MR) is 54.3 cm³/mol. The van der Waals surface area contributed by atoms with Gasteiger partial charge in [0.1, 0.15) is 0 Å². The third-order valence-electron chi connectivity index (χ3n) is 2.38. The van der Waals surface area contributed by atoms with Crippen LogP contribution in [0, 0.1) is 0 Å². The van der Waals surface area contributed by atoms with E-state index in [1.165, 1.54) is 0 Å². The molecule has 4 heteroatoms. The standard InChI is InChI=1S/C9H19NO2S/c1-9(2,10)7-13(11,12)8-5-3-4-6-8/h8H,3-7,10H2,1-2H3. The van der Waals surface area contributed by atoms with Gasteiger partial charge >= 0.3 is 0 Å². The van der Waals surface area contributed by atoms with Gasteiger partial charge in [-0.05, 0) is 26.7 Å². The van der Waals surface area contributed by atoms with Crippen LogP contribution in [-0.2, 0) is 9.84 Å². The Hall–Kier alpha value is -0.0900. The minimum Gasteiger partial charge on any atom is -0.325 e. The Morgan fingerprint density at radius 3 is 2.15 bits per heavy atom. The first kappa shape index (κ1) is 11.0. The molecule has 1 rings (SSSR count). The first-order valence-electron chi connectivity index (χ1n) is 4.82. The van der Waals surface area contributed by atoms with E-state index in [9.17, 15) is 8.42 Å². The zero-order valence-corrected chi connectivity index (χ0v) is 9.23. The van der Waals surface area contributed by atoms with E-state index in [-0.39, 0.29) is 11.0 Å². The Morgan fingerprint density at radius 2 is 1.77 bits per heavy atom. The topological polar surface area (TPSA) is 60.2 Å². The van der Waals surface area contributed by atoms with Crippen LogP contribution in [0.3, 0.4) is 0 Å². The van der Waals surface area contributed by atoms with Crippen LogP contribution in [0.15, 0.2) is 0 Å². The highest BCUT2D eigenvalue weighted by Crippen LogP contribution is 2.26. The average molecular weight is 205 g/mol. The summed E-state index contributed by atoms with van der Waals surface area (Å²) in [4.78, 5) is 0. The molecule has 1 aliphatic rings. The molecule has 78 valence electrons. The van der Waals surface area contributed by atoms with Gasteiger partial charge in [0.05, 0.1) is 11.0 Å². The van der Waals surface area contributed by atoms with E-state index in [1.807, 2.05) is 0 Å². The maximum Gasteiger partial charge on any atom is 0.154 e. The number of rotatable bonds is 3. The average Bonchev–Trinajstić information content (AvgIpc) is 2.29. The Bertz CT molecular complexity index is 258. The van der Waals surface area contributed by atoms with E-state index in [0.717, 1.165) is 25.7 Å². The molecule has 0 heterocycles. The minimum atomic E-state index is -2.94. The SMILES string of the molecule is CC(C)(N)CS(=O)(=O)C1CCCC1. The van der Waals surface area contributed by atoms with Crippen LogP contribution >= 0.6 is 0 Å². The minimum absolute atomic E-state index is 0.115. The molecule has 13 heavy (non-hydrogen) atoms. The summed E-state index contributed by atoms with van der Waals surface area (Å²) in [5, 5.41) is -0.115. The molecule has 3 nitrogen and oxygen atoms in total. The van der Waals surface area contributed by atoms with Crippen LogP contribution in [-0.4, -0.2) is 25.0 Å². The Morgan fingerprint density at radius 1 is 1.31 bits per heavy atom. The van der Waals surface area contributed by atoms with Crippen LogP contribution in [0.5, 0.6) is 0 Å². The van der Waals surface area contributed by atoms with Gasteiger partial charge in [0.15, 0.2) is 9.84 Å². The van der Waals surface area contributed by atoms with Crippen molar-refractivity contribution in [2.45, 2.75) is 50.3 Å². The van der Waals surface area contributed by atoms with E-state index in [1.54, 1.807) is 13.8 Å². The maximum atomic E-state index is 11.8. The molecular formula is C9H19NO2S. The molecular weight excluding hydrogens is 186 g/mol. The van der Waals surface area contributed by atoms with Crippen LogP contribution in [0.4, 0.5) is 0 Å². The third kappa shape index (κ3) is 3.27. The van der Waals surface area contributed by atoms with Crippen molar-refractivity contribution >= 4 is 9.84 Å². The van der Waals surface area contributed by atoms with Crippen molar-refractivity contribution < 1.29 is 8.42 Å². The molecule has 0 aromatic heterocycles. The van der Waals surface area contributed by atoms with Crippen molar-refractivity contribution in [3.05, 3.63) is 0 Å². The van der Waals surface area contributed by atoms with Gasteiger partial charge in [-0.25, -0.2) is 8.42 Å². The van der Waals surface area contributed by atoms with Crippen LogP contribution in [0.1, 0.15) is 39.5 Å². The molecule has 0 amide bonds. The van der Waals surface area contributed by atoms with Gasteiger partial charge in [-0.15, -0.1) is 0 Å². The lowest BCUT2D eigenvalue weighted by Gasteiger charge is -2.21. The number of nitrogens with two attached hydrogens (primary N) is 1. The maximum absolute atomic E-state index is 11.8. The third-order valence-corrected chi connectivity index (χ3v) is 5.02. The summed E-state index contributed by atoms with van der Waals surface area (Å²) < 4.78 is 23.5. The summed E-state index contributed by atoms with van der Waals surface area (Å²) in [5.74, 6) is 0.116. The molecule has 0 saturated heterocycles. The van der Waals surface area contributed by atoms with E-state index < -0.39 is 15.4 Å². The van der Waals surface area contributed by atoms with Gasteiger partial charge in [-0.1, -0.05) is 12.8 Å². The molecule has 0 atom stereocenters. The summed E-state index contributed by atoms with van der Waals surface area (Å²) >= 11 is 0. The van der Waals surface area contributed by atoms with E-state index >= 15 is 0 Å². The fourth-order valence-corrected chi connectivity index (χ4v) is 4.21. The van der Waals surface area contributed by atoms with Gasteiger partial charge in [-0.2, -0.15) is 0 Å². The molecule has 1 aliphatic carbocycles. The quantitative estimate of drug-likeness (QED) is 0.750. The zero-order chi connectivity index (χ0) is 10.1. The lowest BCUT2D eigenvalue weighted by Crippen LogP contribution is -2.42. The van der Waals surface area contributed by atoms with Crippen molar-refractivity contribution in [3.63, 3.8) is 0 Å². The second kappa shape index (κ2) is 3.58. The Balaban J connectivity index is 2.66. The van der Waals surface area contributed by atoms with Gasteiger partial charge in [0.2, 0.25) is 0 Å². The number of hydrogen-bond donors (Lipinski definition) is 1. The van der Waals surface area contributed by atoms with E-state index in [2.05, 4.69) is 0 Å². The molecule has 0 unspecified atom stereocenters. The highest BCUT2D eigenvalue weighted by molar-refractivity contribution is 7.92. The lowest BCUT2D eigenvalue weighted by atomic mass is 10.1. The highest BCUT2D eigenvalue weighted by atomic mass is 32.2. The van der Waals surface area contributed by atoms with Crippen LogP contribution in [0.2, 0.25) is 0 Å². The molecule has 1 fully saturated rings. The largest absolute Gasteiger partial charge is 0.325 e. The molecule has 0 radical (unpaired) electrons.